The molecule has 6 nitrogen and oxygen atoms in total. The molecule has 4 aromatic rings. The summed E-state index contributed by atoms with van der Waals surface area (Å²) in [5, 5.41) is 14.9. The average molecular weight is 427 g/mol. The molecule has 0 aliphatic heterocycles. The number of methoxy groups -OCH3 is 1. The third kappa shape index (κ3) is 3.07. The number of hydrogen-bond donors (Lipinski definition) is 1. The van der Waals surface area contributed by atoms with Crippen LogP contribution in [0.25, 0.3) is 33.4 Å². The zero-order valence-corrected chi connectivity index (χ0v) is 17.8. The van der Waals surface area contributed by atoms with Gasteiger partial charge in [0, 0.05) is 22.6 Å². The number of nitrogens with two attached hydrogens (primary N) is 1. The van der Waals surface area contributed by atoms with E-state index in [1.807, 2.05) is 30.3 Å². The van der Waals surface area contributed by atoms with Crippen LogP contribution < -0.4 is 10.5 Å². The van der Waals surface area contributed by atoms with E-state index in [1.165, 1.54) is 0 Å². The number of hydrogen-bond acceptors (Lipinski definition) is 5. The third-order valence-corrected chi connectivity index (χ3v) is 6.18. The first kappa shape index (κ1) is 20.0. The van der Waals surface area contributed by atoms with E-state index in [0.717, 1.165) is 18.4 Å². The number of aromatic nitrogens is 3. The largest absolute Gasteiger partial charge is 0.496 e. The van der Waals surface area contributed by atoms with Gasteiger partial charge in [-0.3, -0.25) is 0 Å². The van der Waals surface area contributed by atoms with Crippen LogP contribution in [0.4, 0.5) is 10.2 Å². The molecule has 7 heteroatoms. The number of halogens is 1. The van der Waals surface area contributed by atoms with E-state index >= 15 is 4.39 Å². The predicted molar refractivity (Wildman–Crippen MR) is 121 cm³/mol. The van der Waals surface area contributed by atoms with E-state index in [9.17, 15) is 5.26 Å². The van der Waals surface area contributed by atoms with E-state index in [-0.39, 0.29) is 34.2 Å². The highest BCUT2D eigenvalue weighted by atomic mass is 19.1. The molecule has 2 N–H and O–H groups in total. The number of nitrogen functional groups attached to an aromatic ring is 1. The molecule has 2 aromatic carbocycles. The fourth-order valence-corrected chi connectivity index (χ4v) is 4.42. The fraction of sp³-hybridized carbons (Fsp3) is 0.240. The molecule has 160 valence electrons. The number of anilines is 1. The van der Waals surface area contributed by atoms with Crippen LogP contribution in [0.15, 0.2) is 48.5 Å². The summed E-state index contributed by atoms with van der Waals surface area (Å²) >= 11 is 0. The molecule has 0 bridgehead atoms. The van der Waals surface area contributed by atoms with Crippen LogP contribution in [0.3, 0.4) is 0 Å². The molecular formula is C25H22FN5O. The molecule has 1 aliphatic rings. The van der Waals surface area contributed by atoms with Crippen molar-refractivity contribution in [2.24, 2.45) is 5.92 Å². The second-order valence-corrected chi connectivity index (χ2v) is 8.29. The summed E-state index contributed by atoms with van der Waals surface area (Å²) < 4.78 is 23.1. The zero-order chi connectivity index (χ0) is 22.4. The third-order valence-electron chi connectivity index (χ3n) is 6.18. The Morgan fingerprint density at radius 3 is 2.59 bits per heavy atom. The first-order valence-corrected chi connectivity index (χ1v) is 10.5. The highest BCUT2D eigenvalue weighted by Gasteiger charge is 2.32. The Morgan fingerprint density at radius 2 is 1.94 bits per heavy atom. The van der Waals surface area contributed by atoms with Crippen LogP contribution in [0, 0.1) is 23.1 Å². The summed E-state index contributed by atoms with van der Waals surface area (Å²) in [4.78, 5) is 4.59. The van der Waals surface area contributed by atoms with E-state index in [1.54, 1.807) is 30.0 Å². The lowest BCUT2D eigenvalue weighted by Gasteiger charge is -2.33. The summed E-state index contributed by atoms with van der Waals surface area (Å²) in [7, 11) is 1.55. The maximum Gasteiger partial charge on any atom is 0.159 e. The van der Waals surface area contributed by atoms with E-state index in [0.29, 0.717) is 22.7 Å². The van der Waals surface area contributed by atoms with Crippen LogP contribution in [-0.4, -0.2) is 21.9 Å². The summed E-state index contributed by atoms with van der Waals surface area (Å²) in [6.45, 7) is 2.16. The first-order valence-electron chi connectivity index (χ1n) is 10.5. The monoisotopic (exact) mass is 427 g/mol. The quantitative estimate of drug-likeness (QED) is 0.475. The van der Waals surface area contributed by atoms with Gasteiger partial charge in [0.1, 0.15) is 34.4 Å². The summed E-state index contributed by atoms with van der Waals surface area (Å²) in [6.07, 6.45) is 1.88. The first-order chi connectivity index (χ1) is 15.5. The fourth-order valence-electron chi connectivity index (χ4n) is 4.42. The second kappa shape index (κ2) is 7.65. The van der Waals surface area contributed by atoms with Gasteiger partial charge in [0.05, 0.1) is 18.8 Å². The molecule has 1 saturated carbocycles. The molecule has 32 heavy (non-hydrogen) atoms. The lowest BCUT2D eigenvalue weighted by atomic mass is 9.82. The molecule has 0 atom stereocenters. The van der Waals surface area contributed by atoms with E-state index < -0.39 is 5.82 Å². The number of rotatable bonds is 4. The minimum Gasteiger partial charge on any atom is -0.496 e. The van der Waals surface area contributed by atoms with Crippen molar-refractivity contribution in [3.8, 4) is 34.3 Å². The Balaban J connectivity index is 1.70. The number of ether oxygens (including phenoxy) is 1. The lowest BCUT2D eigenvalue weighted by molar-refractivity contribution is 0.203. The van der Waals surface area contributed by atoms with Gasteiger partial charge in [0.25, 0.3) is 0 Å². The number of benzene rings is 2. The van der Waals surface area contributed by atoms with Gasteiger partial charge >= 0.3 is 0 Å². The molecule has 0 radical (unpaired) electrons. The molecule has 1 aliphatic carbocycles. The Bertz CT molecular complexity index is 1370. The SMILES string of the molecule is COc1cc(-c2ccccc2)nc2c(F)c(-c3nn(C4CC(C)C4)c(N)c3C#N)ccc12. The summed E-state index contributed by atoms with van der Waals surface area (Å²) in [5.74, 6) is 0.834. The number of nitriles is 1. The molecule has 2 heterocycles. The van der Waals surface area contributed by atoms with Crippen LogP contribution >= 0.6 is 0 Å². The van der Waals surface area contributed by atoms with Gasteiger partial charge in [-0.05, 0) is 30.9 Å². The number of fused-ring (bicyclic) bond motifs is 1. The van der Waals surface area contributed by atoms with Crippen LogP contribution in [0.1, 0.15) is 31.4 Å². The van der Waals surface area contributed by atoms with Crippen molar-refractivity contribution < 1.29 is 9.13 Å². The Morgan fingerprint density at radius 1 is 1.19 bits per heavy atom. The summed E-state index contributed by atoms with van der Waals surface area (Å²) in [5.41, 5.74) is 8.48. The van der Waals surface area contributed by atoms with Gasteiger partial charge < -0.3 is 10.5 Å². The standard InChI is InChI=1S/C25H22FN5O/c1-14-10-16(11-14)31-25(28)19(13-27)23(30-31)18-9-8-17-21(32-2)12-20(29-24(17)22(18)26)15-6-4-3-5-7-15/h3-9,12,14,16H,10-11,28H2,1-2H3. The van der Waals surface area contributed by atoms with Crippen molar-refractivity contribution in [1.29, 1.82) is 5.26 Å². The van der Waals surface area contributed by atoms with Gasteiger partial charge in [-0.1, -0.05) is 37.3 Å². The smallest absolute Gasteiger partial charge is 0.159 e. The molecule has 0 spiro atoms. The van der Waals surface area contributed by atoms with Gasteiger partial charge in [-0.2, -0.15) is 10.4 Å². The zero-order valence-electron chi connectivity index (χ0n) is 17.8. The van der Waals surface area contributed by atoms with Gasteiger partial charge in [-0.25, -0.2) is 14.1 Å². The van der Waals surface area contributed by atoms with Crippen molar-refractivity contribution in [3.05, 3.63) is 59.9 Å². The van der Waals surface area contributed by atoms with Crippen molar-refractivity contribution in [2.75, 3.05) is 12.8 Å². The van der Waals surface area contributed by atoms with Crippen LogP contribution in [0.5, 0.6) is 5.75 Å². The maximum atomic E-state index is 15.9. The minimum atomic E-state index is -0.554. The minimum absolute atomic E-state index is 0.136. The van der Waals surface area contributed by atoms with E-state index in [4.69, 9.17) is 10.5 Å². The van der Waals surface area contributed by atoms with Crippen LogP contribution in [-0.2, 0) is 0 Å². The number of pyridine rings is 1. The van der Waals surface area contributed by atoms with Gasteiger partial charge in [-0.15, -0.1) is 0 Å². The Kier molecular flexibility index (Phi) is 4.78. The molecular weight excluding hydrogens is 405 g/mol. The van der Waals surface area contributed by atoms with Gasteiger partial charge in [0.15, 0.2) is 5.82 Å². The molecule has 1 fully saturated rings. The topological polar surface area (TPSA) is 89.8 Å². The summed E-state index contributed by atoms with van der Waals surface area (Å²) in [6, 6.07) is 16.9. The average Bonchev–Trinajstić information content (AvgIpc) is 3.12. The highest BCUT2D eigenvalue weighted by molar-refractivity contribution is 5.92. The van der Waals surface area contributed by atoms with Crippen LogP contribution in [0.2, 0.25) is 0 Å². The van der Waals surface area contributed by atoms with Crippen molar-refractivity contribution in [2.45, 2.75) is 25.8 Å². The maximum absolute atomic E-state index is 15.9. The predicted octanol–water partition coefficient (Wildman–Crippen LogP) is 5.34. The second-order valence-electron chi connectivity index (χ2n) is 8.29. The molecule has 2 aromatic heterocycles. The molecule has 0 amide bonds. The highest BCUT2D eigenvalue weighted by Crippen LogP contribution is 2.42. The van der Waals surface area contributed by atoms with E-state index in [2.05, 4.69) is 23.1 Å². The lowest BCUT2D eigenvalue weighted by Crippen LogP contribution is -2.26. The Labute approximate surface area is 185 Å². The molecule has 0 saturated heterocycles. The number of nitrogens with zero attached hydrogens (tertiary/aromatic N) is 4. The van der Waals surface area contributed by atoms with Crippen molar-refractivity contribution >= 4 is 16.7 Å². The van der Waals surface area contributed by atoms with Crippen molar-refractivity contribution in [3.63, 3.8) is 0 Å². The van der Waals surface area contributed by atoms with Gasteiger partial charge in [0.2, 0.25) is 0 Å². The molecule has 5 rings (SSSR count). The van der Waals surface area contributed by atoms with Crippen molar-refractivity contribution in [1.82, 2.24) is 14.8 Å². The Hall–Kier alpha value is -3.92. The molecule has 0 unspecified atom stereocenters. The normalized spacial score (nSPS) is 17.7.